The summed E-state index contributed by atoms with van der Waals surface area (Å²) in [7, 11) is 2.00. The molecule has 2 fully saturated rings. The van der Waals surface area contributed by atoms with Crippen LogP contribution in [0.2, 0.25) is 0 Å². The van der Waals surface area contributed by atoms with Crippen molar-refractivity contribution in [1.29, 1.82) is 0 Å². The zero-order valence-electron chi connectivity index (χ0n) is 14.3. The number of amides is 1. The lowest BCUT2D eigenvalue weighted by Gasteiger charge is -2.33. The highest BCUT2D eigenvalue weighted by molar-refractivity contribution is 5.78. The minimum absolute atomic E-state index is 0.218. The number of hydrogen-bond acceptors (Lipinski definition) is 3. The van der Waals surface area contributed by atoms with E-state index < -0.39 is 5.60 Å². The number of piperidine rings is 1. The Labute approximate surface area is 133 Å². The van der Waals surface area contributed by atoms with Crippen LogP contribution in [0, 0.1) is 5.92 Å². The minimum atomic E-state index is -0.445. The third kappa shape index (κ3) is 5.07. The molecule has 0 aromatic rings. The first kappa shape index (κ1) is 16.9. The molecule has 22 heavy (non-hydrogen) atoms. The van der Waals surface area contributed by atoms with Crippen LogP contribution in [0.1, 0.15) is 46.5 Å². The topological polar surface area (TPSA) is 71.2 Å². The van der Waals surface area contributed by atoms with Gasteiger partial charge in [-0.15, -0.1) is 0 Å². The second-order valence-corrected chi connectivity index (χ2v) is 7.48. The van der Waals surface area contributed by atoms with Crippen molar-refractivity contribution in [2.45, 2.75) is 58.1 Å². The lowest BCUT2D eigenvalue weighted by molar-refractivity contribution is 0.0170. The molecule has 6 nitrogen and oxygen atoms in total. The van der Waals surface area contributed by atoms with Crippen LogP contribution in [0.5, 0.6) is 0 Å². The van der Waals surface area contributed by atoms with Crippen LogP contribution in [-0.2, 0) is 4.74 Å². The van der Waals surface area contributed by atoms with Gasteiger partial charge in [0.15, 0.2) is 5.96 Å². The summed E-state index contributed by atoms with van der Waals surface area (Å²) in [5.41, 5.74) is 5.58. The number of guanidine groups is 1. The van der Waals surface area contributed by atoms with Crippen LogP contribution in [0.25, 0.3) is 0 Å². The van der Waals surface area contributed by atoms with Gasteiger partial charge in [-0.3, -0.25) is 4.99 Å². The molecule has 1 aliphatic carbocycles. The van der Waals surface area contributed by atoms with E-state index in [0.717, 1.165) is 19.4 Å². The molecule has 0 radical (unpaired) electrons. The van der Waals surface area contributed by atoms with Gasteiger partial charge in [-0.05, 0) is 52.4 Å². The summed E-state index contributed by atoms with van der Waals surface area (Å²) in [6.45, 7) is 7.84. The Morgan fingerprint density at radius 1 is 1.36 bits per heavy atom. The molecular formula is C16H30N4O2. The highest BCUT2D eigenvalue weighted by Gasteiger charge is 2.29. The number of hydrogen-bond donors (Lipinski definition) is 1. The largest absolute Gasteiger partial charge is 0.444 e. The van der Waals surface area contributed by atoms with Crippen LogP contribution < -0.4 is 5.73 Å². The standard InChI is InChI=1S/C16H30N4O2/c1-16(2,3)22-15(21)20-9-5-6-12(11-20)10-18-14(17)19(4)13-7-8-13/h12-13H,5-11H2,1-4H3,(H2,17,18). The molecule has 1 saturated carbocycles. The molecule has 2 aliphatic rings. The van der Waals surface area contributed by atoms with Crippen LogP contribution in [-0.4, -0.2) is 60.2 Å². The molecular weight excluding hydrogens is 280 g/mol. The summed E-state index contributed by atoms with van der Waals surface area (Å²) in [5.74, 6) is 0.990. The van der Waals surface area contributed by atoms with Gasteiger partial charge in [0.2, 0.25) is 0 Å². The van der Waals surface area contributed by atoms with E-state index in [9.17, 15) is 4.79 Å². The second kappa shape index (κ2) is 6.75. The maximum absolute atomic E-state index is 12.1. The van der Waals surface area contributed by atoms with Gasteiger partial charge in [0, 0.05) is 32.7 Å². The Hall–Kier alpha value is -1.46. The SMILES string of the molecule is CN(C(N)=NCC1CCCN(C(=O)OC(C)(C)C)C1)C1CC1. The Kier molecular flexibility index (Phi) is 5.19. The fraction of sp³-hybridized carbons (Fsp3) is 0.875. The van der Waals surface area contributed by atoms with E-state index in [-0.39, 0.29) is 6.09 Å². The van der Waals surface area contributed by atoms with Gasteiger partial charge in [0.25, 0.3) is 0 Å². The molecule has 1 unspecified atom stereocenters. The molecule has 0 spiro atoms. The molecule has 0 aromatic carbocycles. The average Bonchev–Trinajstić information content (AvgIpc) is 3.27. The Balaban J connectivity index is 1.82. The van der Waals surface area contributed by atoms with Crippen LogP contribution >= 0.6 is 0 Å². The van der Waals surface area contributed by atoms with Crippen molar-refractivity contribution in [2.24, 2.45) is 16.6 Å². The fourth-order valence-electron chi connectivity index (χ4n) is 2.69. The quantitative estimate of drug-likeness (QED) is 0.639. The minimum Gasteiger partial charge on any atom is -0.444 e. The molecule has 2 rings (SSSR count). The summed E-state index contributed by atoms with van der Waals surface area (Å²) in [6, 6.07) is 0.577. The first-order valence-corrected chi connectivity index (χ1v) is 8.27. The van der Waals surface area contributed by atoms with Gasteiger partial charge in [-0.1, -0.05) is 0 Å². The number of rotatable bonds is 3. The smallest absolute Gasteiger partial charge is 0.410 e. The highest BCUT2D eigenvalue weighted by atomic mass is 16.6. The van der Waals surface area contributed by atoms with Gasteiger partial charge in [0.1, 0.15) is 5.60 Å². The first-order valence-electron chi connectivity index (χ1n) is 8.27. The normalized spacial score (nSPS) is 23.4. The molecule has 1 saturated heterocycles. The number of nitrogens with zero attached hydrogens (tertiary/aromatic N) is 3. The molecule has 6 heteroatoms. The van der Waals surface area contributed by atoms with Crippen molar-refractivity contribution < 1.29 is 9.53 Å². The molecule has 1 amide bonds. The molecule has 1 heterocycles. The Morgan fingerprint density at radius 2 is 2.05 bits per heavy atom. The van der Waals surface area contributed by atoms with Gasteiger partial charge in [0.05, 0.1) is 0 Å². The molecule has 0 bridgehead atoms. The van der Waals surface area contributed by atoms with Crippen molar-refractivity contribution in [3.8, 4) is 0 Å². The summed E-state index contributed by atoms with van der Waals surface area (Å²) in [6.07, 6.45) is 4.29. The van der Waals surface area contributed by atoms with Gasteiger partial charge >= 0.3 is 6.09 Å². The van der Waals surface area contributed by atoms with Crippen molar-refractivity contribution in [3.05, 3.63) is 0 Å². The van der Waals surface area contributed by atoms with Crippen molar-refractivity contribution in [3.63, 3.8) is 0 Å². The average molecular weight is 310 g/mol. The van der Waals surface area contributed by atoms with E-state index in [1.165, 1.54) is 12.8 Å². The number of ether oxygens (including phenoxy) is 1. The lowest BCUT2D eigenvalue weighted by Crippen LogP contribution is -2.44. The predicted octanol–water partition coefficient (Wildman–Crippen LogP) is 2.04. The molecule has 1 aliphatic heterocycles. The Morgan fingerprint density at radius 3 is 2.64 bits per heavy atom. The van der Waals surface area contributed by atoms with Crippen LogP contribution in [0.3, 0.4) is 0 Å². The number of likely N-dealkylation sites (tertiary alicyclic amines) is 1. The number of carbonyl (C=O) groups is 1. The monoisotopic (exact) mass is 310 g/mol. The number of carbonyl (C=O) groups excluding carboxylic acids is 1. The van der Waals surface area contributed by atoms with E-state index in [4.69, 9.17) is 10.5 Å². The summed E-state index contributed by atoms with van der Waals surface area (Å²) < 4.78 is 5.45. The summed E-state index contributed by atoms with van der Waals surface area (Å²) >= 11 is 0. The maximum atomic E-state index is 12.1. The first-order chi connectivity index (χ1) is 10.3. The second-order valence-electron chi connectivity index (χ2n) is 7.48. The zero-order valence-corrected chi connectivity index (χ0v) is 14.3. The van der Waals surface area contributed by atoms with Crippen molar-refractivity contribution >= 4 is 12.1 Å². The van der Waals surface area contributed by atoms with Crippen molar-refractivity contribution in [1.82, 2.24) is 9.80 Å². The summed E-state index contributed by atoms with van der Waals surface area (Å²) in [4.78, 5) is 20.5. The van der Waals surface area contributed by atoms with Crippen molar-refractivity contribution in [2.75, 3.05) is 26.7 Å². The van der Waals surface area contributed by atoms with E-state index in [0.29, 0.717) is 31.0 Å². The Bertz CT molecular complexity index is 426. The molecule has 1 atom stereocenters. The van der Waals surface area contributed by atoms with E-state index >= 15 is 0 Å². The van der Waals surface area contributed by atoms with E-state index in [1.807, 2.05) is 27.8 Å². The van der Waals surface area contributed by atoms with Crippen LogP contribution in [0.4, 0.5) is 4.79 Å². The predicted molar refractivity (Wildman–Crippen MR) is 87.8 cm³/mol. The highest BCUT2D eigenvalue weighted by Crippen LogP contribution is 2.25. The van der Waals surface area contributed by atoms with Gasteiger partial charge in [-0.2, -0.15) is 0 Å². The van der Waals surface area contributed by atoms with Gasteiger partial charge in [-0.25, -0.2) is 4.79 Å². The summed E-state index contributed by atoms with van der Waals surface area (Å²) in [5, 5.41) is 0. The number of nitrogens with two attached hydrogens (primary N) is 1. The van der Waals surface area contributed by atoms with E-state index in [1.54, 1.807) is 4.90 Å². The molecule has 2 N–H and O–H groups in total. The van der Waals surface area contributed by atoms with Gasteiger partial charge < -0.3 is 20.3 Å². The maximum Gasteiger partial charge on any atom is 0.410 e. The fourth-order valence-corrected chi connectivity index (χ4v) is 2.69. The number of aliphatic imine (C=N–C) groups is 1. The third-order valence-corrected chi connectivity index (χ3v) is 4.14. The lowest BCUT2D eigenvalue weighted by atomic mass is 9.98. The zero-order chi connectivity index (χ0) is 16.3. The van der Waals surface area contributed by atoms with Crippen LogP contribution in [0.15, 0.2) is 4.99 Å². The third-order valence-electron chi connectivity index (χ3n) is 4.14. The van der Waals surface area contributed by atoms with E-state index in [2.05, 4.69) is 9.89 Å². The molecule has 0 aromatic heterocycles. The molecule has 126 valence electrons.